The summed E-state index contributed by atoms with van der Waals surface area (Å²) >= 11 is 0. The molecule has 13 nitrogen and oxygen atoms in total. The Hall–Kier alpha value is -3.33. The van der Waals surface area contributed by atoms with Gasteiger partial charge in [0.2, 0.25) is 12.5 Å². The maximum absolute atomic E-state index is 13.4. The van der Waals surface area contributed by atoms with E-state index in [2.05, 4.69) is 0 Å². The van der Waals surface area contributed by atoms with Gasteiger partial charge in [-0.2, -0.15) is 0 Å². The van der Waals surface area contributed by atoms with Crippen molar-refractivity contribution >= 4 is 5.97 Å². The first-order chi connectivity index (χ1) is 20.3. The minimum absolute atomic E-state index is 0.0301. The molecular weight excluding hydrogens is 556 g/mol. The van der Waals surface area contributed by atoms with Gasteiger partial charge < -0.3 is 58.0 Å². The number of fused-ring (bicyclic) bond motifs is 4. The van der Waals surface area contributed by atoms with Gasteiger partial charge in [-0.05, 0) is 47.9 Å². The third kappa shape index (κ3) is 4.26. The highest BCUT2D eigenvalue weighted by molar-refractivity contribution is 5.79. The lowest BCUT2D eigenvalue weighted by Gasteiger charge is -2.47. The van der Waals surface area contributed by atoms with Gasteiger partial charge in [0.15, 0.2) is 35.6 Å². The van der Waals surface area contributed by atoms with Crippen LogP contribution in [0.2, 0.25) is 0 Å². The lowest BCUT2D eigenvalue weighted by Crippen LogP contribution is -2.63. The number of benzene rings is 2. The van der Waals surface area contributed by atoms with Crippen LogP contribution in [0.3, 0.4) is 0 Å². The smallest absolute Gasteiger partial charge is 0.310 e. The highest BCUT2D eigenvalue weighted by Crippen LogP contribution is 2.57. The van der Waals surface area contributed by atoms with E-state index in [0.29, 0.717) is 28.2 Å². The summed E-state index contributed by atoms with van der Waals surface area (Å²) in [6, 6.07) is 6.93. The van der Waals surface area contributed by atoms with E-state index in [1.165, 1.54) is 14.2 Å². The van der Waals surface area contributed by atoms with Crippen LogP contribution in [-0.4, -0.2) is 92.5 Å². The van der Waals surface area contributed by atoms with E-state index in [4.69, 9.17) is 42.6 Å². The Morgan fingerprint density at radius 3 is 2.26 bits per heavy atom. The van der Waals surface area contributed by atoms with Gasteiger partial charge in [-0.25, -0.2) is 0 Å². The minimum atomic E-state index is -1.44. The molecule has 5 aliphatic rings. The van der Waals surface area contributed by atoms with E-state index in [9.17, 15) is 20.1 Å². The van der Waals surface area contributed by atoms with Crippen molar-refractivity contribution in [1.29, 1.82) is 0 Å². The summed E-state index contributed by atoms with van der Waals surface area (Å²) in [5, 5.41) is 32.5. The van der Waals surface area contributed by atoms with E-state index in [1.807, 2.05) is 0 Å². The Labute approximate surface area is 240 Å². The van der Waals surface area contributed by atoms with E-state index in [0.717, 1.165) is 0 Å². The number of hydrogen-bond donors (Lipinski definition) is 3. The summed E-state index contributed by atoms with van der Waals surface area (Å²) in [4.78, 5) is 13.4. The van der Waals surface area contributed by atoms with Crippen LogP contribution in [0, 0.1) is 11.8 Å². The summed E-state index contributed by atoms with van der Waals surface area (Å²) in [5.74, 6) is -1.02. The largest absolute Gasteiger partial charge is 0.502 e. The Balaban J connectivity index is 1.32. The van der Waals surface area contributed by atoms with E-state index >= 15 is 0 Å². The molecule has 3 fully saturated rings. The van der Waals surface area contributed by atoms with E-state index in [1.54, 1.807) is 31.2 Å². The molecule has 3 N–H and O–H groups in total. The molecule has 13 heteroatoms. The molecule has 1 aliphatic carbocycles. The van der Waals surface area contributed by atoms with E-state index in [-0.39, 0.29) is 37.3 Å². The maximum atomic E-state index is 13.4. The van der Waals surface area contributed by atoms with Crippen LogP contribution in [0.4, 0.5) is 0 Å². The number of carbonyl (C=O) groups is 1. The van der Waals surface area contributed by atoms with Crippen molar-refractivity contribution in [2.75, 3.05) is 34.2 Å². The zero-order valence-electron chi connectivity index (χ0n) is 23.1. The highest BCUT2D eigenvalue weighted by atomic mass is 16.8. The van der Waals surface area contributed by atoms with Crippen LogP contribution in [0.15, 0.2) is 24.3 Å². The third-order valence-electron chi connectivity index (χ3n) is 8.75. The van der Waals surface area contributed by atoms with Gasteiger partial charge in [0, 0.05) is 11.8 Å². The number of methoxy groups -OCH3 is 2. The zero-order chi connectivity index (χ0) is 29.3. The van der Waals surface area contributed by atoms with Gasteiger partial charge in [-0.1, -0.05) is 0 Å². The summed E-state index contributed by atoms with van der Waals surface area (Å²) in [7, 11) is 2.86. The molecule has 0 aromatic heterocycles. The number of aromatic hydroxyl groups is 1. The number of rotatable bonds is 5. The zero-order valence-corrected chi connectivity index (χ0v) is 23.1. The first-order valence-electron chi connectivity index (χ1n) is 13.8. The van der Waals surface area contributed by atoms with Gasteiger partial charge in [0.1, 0.15) is 24.4 Å². The normalized spacial score (nSPS) is 36.5. The van der Waals surface area contributed by atoms with Gasteiger partial charge in [-0.15, -0.1) is 0 Å². The lowest BCUT2D eigenvalue weighted by molar-refractivity contribution is -0.364. The van der Waals surface area contributed by atoms with Crippen molar-refractivity contribution in [3.63, 3.8) is 0 Å². The van der Waals surface area contributed by atoms with Gasteiger partial charge >= 0.3 is 5.97 Å². The fourth-order valence-corrected chi connectivity index (χ4v) is 6.74. The summed E-state index contributed by atoms with van der Waals surface area (Å²) in [5.41, 5.74) is 2.01. The number of carbonyl (C=O) groups excluding carboxylic acids is 1. The highest BCUT2D eigenvalue weighted by Gasteiger charge is 2.56. The molecule has 42 heavy (non-hydrogen) atoms. The average molecular weight is 589 g/mol. The Morgan fingerprint density at radius 2 is 1.57 bits per heavy atom. The lowest BCUT2D eigenvalue weighted by atomic mass is 9.66. The summed E-state index contributed by atoms with van der Waals surface area (Å²) in [6.45, 7) is 1.93. The van der Waals surface area contributed by atoms with Crippen LogP contribution in [0.1, 0.15) is 35.6 Å². The molecule has 3 saturated heterocycles. The number of phenols is 1. The number of aliphatic hydroxyl groups is 2. The number of phenolic OH excluding ortho intramolecular Hbond substituents is 1. The molecule has 10 atom stereocenters. The molecule has 7 rings (SSSR count). The topological polar surface area (TPSA) is 161 Å². The number of esters is 1. The minimum Gasteiger partial charge on any atom is -0.502 e. The summed E-state index contributed by atoms with van der Waals surface area (Å²) < 4.78 is 51.5. The van der Waals surface area contributed by atoms with Gasteiger partial charge in [-0.3, -0.25) is 4.79 Å². The molecule has 0 spiro atoms. The number of cyclic esters (lactones) is 1. The molecule has 0 amide bonds. The Kier molecular flexibility index (Phi) is 6.83. The van der Waals surface area contributed by atoms with Crippen molar-refractivity contribution in [3.05, 3.63) is 41.0 Å². The molecule has 4 heterocycles. The molecule has 2 aromatic rings. The molecule has 0 bridgehead atoms. The predicted molar refractivity (Wildman–Crippen MR) is 138 cm³/mol. The van der Waals surface area contributed by atoms with Crippen molar-refractivity contribution in [2.45, 2.75) is 55.9 Å². The fourth-order valence-electron chi connectivity index (χ4n) is 6.74. The predicted octanol–water partition coefficient (Wildman–Crippen LogP) is 1.34. The van der Waals surface area contributed by atoms with E-state index < -0.39 is 66.8 Å². The maximum Gasteiger partial charge on any atom is 0.310 e. The first kappa shape index (κ1) is 27.5. The SMILES string of the molecule is COc1cc([C@@H]2c3cc4c(cc3[C@@H](O[C@@H]3O[C@@H]5COC(C)O[C@H]5[C@H](O)[C@H]3O)[C@H]3COC(=O)[C@@H]23)OCO4)cc(OC)c1O. The van der Waals surface area contributed by atoms with Gasteiger partial charge in [0.05, 0.1) is 39.5 Å². The average Bonchev–Trinajstić information content (AvgIpc) is 3.61. The van der Waals surface area contributed by atoms with Crippen LogP contribution >= 0.6 is 0 Å². The second-order valence-corrected chi connectivity index (χ2v) is 11.0. The van der Waals surface area contributed by atoms with Gasteiger partial charge in [0.25, 0.3) is 0 Å². The molecule has 0 saturated carbocycles. The summed E-state index contributed by atoms with van der Waals surface area (Å²) in [6.07, 6.45) is -6.80. The van der Waals surface area contributed by atoms with Crippen LogP contribution in [0.25, 0.3) is 0 Å². The molecule has 4 aliphatic heterocycles. The van der Waals surface area contributed by atoms with Crippen molar-refractivity contribution in [3.8, 4) is 28.7 Å². The van der Waals surface area contributed by atoms with Crippen LogP contribution < -0.4 is 18.9 Å². The molecule has 0 radical (unpaired) electrons. The van der Waals surface area contributed by atoms with Crippen LogP contribution in [-0.2, 0) is 28.5 Å². The fraction of sp³-hybridized carbons (Fsp3) is 0.552. The number of aliphatic hydroxyl groups excluding tert-OH is 2. The standard InChI is InChI=1S/C29H32O13/c1-11-36-9-20-27(40-11)24(31)25(32)29(41-20)42-26-14-7-17-16(38-10-39-17)6-13(14)21(22-15(26)8-37-28(22)33)12-4-18(34-2)23(30)19(5-12)35-3/h4-7,11,15,20-22,24-27,29-32H,8-10H2,1-3H3/t11?,15-,20+,21+,22+,24+,25+,26+,27+,29-/m0/s1. The number of ether oxygens (including phenoxy) is 9. The van der Waals surface area contributed by atoms with Crippen LogP contribution in [0.5, 0.6) is 28.7 Å². The van der Waals surface area contributed by atoms with Crippen molar-refractivity contribution in [1.82, 2.24) is 0 Å². The second kappa shape index (κ2) is 10.4. The Morgan fingerprint density at radius 1 is 0.881 bits per heavy atom. The van der Waals surface area contributed by atoms with Crippen molar-refractivity contribution < 1.29 is 62.7 Å². The second-order valence-electron chi connectivity index (χ2n) is 11.0. The number of hydrogen-bond acceptors (Lipinski definition) is 13. The monoisotopic (exact) mass is 588 g/mol. The molecule has 2 aromatic carbocycles. The van der Waals surface area contributed by atoms with Crippen molar-refractivity contribution in [2.24, 2.45) is 11.8 Å². The quantitative estimate of drug-likeness (QED) is 0.430. The molecular formula is C29H32O13. The third-order valence-corrected chi connectivity index (χ3v) is 8.75. The first-order valence-corrected chi connectivity index (χ1v) is 13.8. The molecule has 1 unspecified atom stereocenters. The molecule has 226 valence electrons. The Bertz CT molecular complexity index is 1350.